The second-order valence-electron chi connectivity index (χ2n) is 4.97. The largest absolute Gasteiger partial charge is 0.497 e. The van der Waals surface area contributed by atoms with E-state index in [0.29, 0.717) is 0 Å². The van der Waals surface area contributed by atoms with Crippen LogP contribution in [0.3, 0.4) is 0 Å². The lowest BCUT2D eigenvalue weighted by atomic mass is 9.98. The Kier molecular flexibility index (Phi) is 5.17. The molecule has 0 fully saturated rings. The highest BCUT2D eigenvalue weighted by Gasteiger charge is 2.16. The molecule has 0 N–H and O–H groups in total. The molecule has 0 bridgehead atoms. The molecule has 2 aromatic carbocycles. The molecule has 2 nitrogen and oxygen atoms in total. The van der Waals surface area contributed by atoms with Crippen molar-refractivity contribution in [3.8, 4) is 11.5 Å². The lowest BCUT2D eigenvalue weighted by Gasteiger charge is -2.17. The summed E-state index contributed by atoms with van der Waals surface area (Å²) in [4.78, 5) is 0.0532. The maximum atomic E-state index is 6.18. The Labute approximate surface area is 139 Å². The number of alkyl halides is 1. The van der Waals surface area contributed by atoms with Crippen LogP contribution in [0.15, 0.2) is 30.3 Å². The van der Waals surface area contributed by atoms with Crippen molar-refractivity contribution >= 4 is 27.5 Å². The van der Waals surface area contributed by atoms with Crippen molar-refractivity contribution in [2.24, 2.45) is 0 Å². The summed E-state index contributed by atoms with van der Waals surface area (Å²) in [6.07, 6.45) is 0. The molecule has 0 aliphatic rings. The van der Waals surface area contributed by atoms with Gasteiger partial charge in [0, 0.05) is 11.1 Å². The molecule has 0 saturated heterocycles. The van der Waals surface area contributed by atoms with Crippen LogP contribution in [0, 0.1) is 13.8 Å². The van der Waals surface area contributed by atoms with E-state index in [1.165, 1.54) is 5.56 Å². The van der Waals surface area contributed by atoms with Crippen LogP contribution in [-0.2, 0) is 0 Å². The van der Waals surface area contributed by atoms with Gasteiger partial charge in [-0.05, 0) is 54.3 Å². The maximum absolute atomic E-state index is 6.18. The van der Waals surface area contributed by atoms with Gasteiger partial charge in [0.2, 0.25) is 0 Å². The third kappa shape index (κ3) is 3.53. The highest BCUT2D eigenvalue weighted by Crippen LogP contribution is 2.38. The molecule has 0 aliphatic heterocycles. The quantitative estimate of drug-likeness (QED) is 0.666. The van der Waals surface area contributed by atoms with Crippen molar-refractivity contribution < 1.29 is 9.47 Å². The number of halogens is 2. The van der Waals surface area contributed by atoms with Crippen LogP contribution in [0.4, 0.5) is 0 Å². The molecule has 1 unspecified atom stereocenters. The molecular formula is C17H18BrClO2. The number of hydrogen-bond donors (Lipinski definition) is 0. The number of benzene rings is 2. The van der Waals surface area contributed by atoms with Crippen molar-refractivity contribution in [3.63, 3.8) is 0 Å². The molecule has 0 aromatic heterocycles. The van der Waals surface area contributed by atoms with E-state index in [1.807, 2.05) is 31.2 Å². The zero-order valence-corrected chi connectivity index (χ0v) is 14.9. The van der Waals surface area contributed by atoms with Crippen molar-refractivity contribution in [2.45, 2.75) is 18.7 Å². The average molecular weight is 370 g/mol. The number of ether oxygens (including phenoxy) is 2. The summed E-state index contributed by atoms with van der Waals surface area (Å²) in [5.74, 6) is 1.55. The zero-order chi connectivity index (χ0) is 15.6. The fourth-order valence-electron chi connectivity index (χ4n) is 2.23. The van der Waals surface area contributed by atoms with Gasteiger partial charge in [-0.3, -0.25) is 0 Å². The van der Waals surface area contributed by atoms with Gasteiger partial charge < -0.3 is 9.47 Å². The average Bonchev–Trinajstić information content (AvgIpc) is 2.49. The molecule has 21 heavy (non-hydrogen) atoms. The van der Waals surface area contributed by atoms with E-state index in [4.69, 9.17) is 21.1 Å². The Bertz CT molecular complexity index is 633. The van der Waals surface area contributed by atoms with Crippen LogP contribution in [0.1, 0.15) is 27.1 Å². The fraction of sp³-hybridized carbons (Fsp3) is 0.294. The lowest BCUT2D eigenvalue weighted by molar-refractivity contribution is 0.393. The third-order valence-electron chi connectivity index (χ3n) is 3.49. The molecule has 0 aliphatic carbocycles. The van der Waals surface area contributed by atoms with Crippen molar-refractivity contribution in [3.05, 3.63) is 57.6 Å². The number of rotatable bonds is 4. The molecule has 0 spiro atoms. The van der Waals surface area contributed by atoms with Gasteiger partial charge >= 0.3 is 0 Å². The number of hydrogen-bond acceptors (Lipinski definition) is 2. The summed E-state index contributed by atoms with van der Waals surface area (Å²) < 4.78 is 10.7. The first kappa shape index (κ1) is 16.2. The van der Waals surface area contributed by atoms with Gasteiger partial charge in [-0.25, -0.2) is 0 Å². The van der Waals surface area contributed by atoms with E-state index in [2.05, 4.69) is 28.9 Å². The first-order valence-corrected chi connectivity index (χ1v) is 7.89. The Morgan fingerprint density at radius 2 is 1.48 bits per heavy atom. The second kappa shape index (κ2) is 6.71. The van der Waals surface area contributed by atoms with Gasteiger partial charge in [-0.15, -0.1) is 0 Å². The van der Waals surface area contributed by atoms with Crippen molar-refractivity contribution in [2.75, 3.05) is 14.2 Å². The van der Waals surface area contributed by atoms with Gasteiger partial charge in [0.05, 0.1) is 19.0 Å². The minimum Gasteiger partial charge on any atom is -0.497 e. The van der Waals surface area contributed by atoms with Gasteiger partial charge in [0.15, 0.2) is 0 Å². The minimum absolute atomic E-state index is 0.0532. The minimum atomic E-state index is 0.0532. The van der Waals surface area contributed by atoms with Crippen LogP contribution in [0.25, 0.3) is 0 Å². The normalized spacial score (nSPS) is 12.1. The topological polar surface area (TPSA) is 18.5 Å². The molecule has 0 saturated carbocycles. The zero-order valence-electron chi connectivity index (χ0n) is 12.5. The summed E-state index contributed by atoms with van der Waals surface area (Å²) in [6, 6.07) is 9.99. The standard InChI is InChI=1S/C17H18BrClO2/c1-10-6-16(19)11(2)5-15(10)17(18)12-7-13(20-3)9-14(8-12)21-4/h5-9,17H,1-4H3. The predicted molar refractivity (Wildman–Crippen MR) is 91.2 cm³/mol. The van der Waals surface area contributed by atoms with Crippen molar-refractivity contribution in [1.29, 1.82) is 0 Å². The van der Waals surface area contributed by atoms with E-state index < -0.39 is 0 Å². The maximum Gasteiger partial charge on any atom is 0.122 e. The molecular weight excluding hydrogens is 352 g/mol. The third-order valence-corrected chi connectivity index (χ3v) is 4.92. The van der Waals surface area contributed by atoms with Crippen LogP contribution in [0.2, 0.25) is 5.02 Å². The van der Waals surface area contributed by atoms with E-state index in [1.54, 1.807) is 14.2 Å². The van der Waals surface area contributed by atoms with E-state index in [9.17, 15) is 0 Å². The first-order chi connectivity index (χ1) is 9.96. The first-order valence-electron chi connectivity index (χ1n) is 6.60. The molecule has 4 heteroatoms. The number of methoxy groups -OCH3 is 2. The summed E-state index contributed by atoms with van der Waals surface area (Å²) in [5.41, 5.74) is 4.48. The lowest BCUT2D eigenvalue weighted by Crippen LogP contribution is -1.99. The SMILES string of the molecule is COc1cc(OC)cc(C(Br)c2cc(C)c(Cl)cc2C)c1. The van der Waals surface area contributed by atoms with Gasteiger partial charge in [-0.2, -0.15) is 0 Å². The predicted octanol–water partition coefficient (Wildman–Crippen LogP) is 5.46. The summed E-state index contributed by atoms with van der Waals surface area (Å²) in [5, 5.41) is 0.791. The van der Waals surface area contributed by atoms with Crippen LogP contribution in [-0.4, -0.2) is 14.2 Å². The highest BCUT2D eigenvalue weighted by molar-refractivity contribution is 9.09. The van der Waals surface area contributed by atoms with Gasteiger partial charge in [0.25, 0.3) is 0 Å². The van der Waals surface area contributed by atoms with Gasteiger partial charge in [0.1, 0.15) is 11.5 Å². The molecule has 0 heterocycles. The highest BCUT2D eigenvalue weighted by atomic mass is 79.9. The molecule has 1 atom stereocenters. The molecule has 2 aromatic rings. The van der Waals surface area contributed by atoms with E-state index in [-0.39, 0.29) is 4.83 Å². The fourth-order valence-corrected chi connectivity index (χ4v) is 3.21. The summed E-state index contributed by atoms with van der Waals surface area (Å²) >= 11 is 9.95. The monoisotopic (exact) mass is 368 g/mol. The van der Waals surface area contributed by atoms with E-state index in [0.717, 1.165) is 33.2 Å². The van der Waals surface area contributed by atoms with Gasteiger partial charge in [-0.1, -0.05) is 33.6 Å². The number of aryl methyl sites for hydroxylation is 2. The molecule has 112 valence electrons. The smallest absolute Gasteiger partial charge is 0.122 e. The second-order valence-corrected chi connectivity index (χ2v) is 6.29. The van der Waals surface area contributed by atoms with Crippen LogP contribution in [0.5, 0.6) is 11.5 Å². The molecule has 0 radical (unpaired) electrons. The Morgan fingerprint density at radius 3 is 2.00 bits per heavy atom. The molecule has 0 amide bonds. The Hall–Kier alpha value is -1.19. The summed E-state index contributed by atoms with van der Waals surface area (Å²) in [6.45, 7) is 4.07. The Morgan fingerprint density at radius 1 is 0.905 bits per heavy atom. The van der Waals surface area contributed by atoms with Crippen molar-refractivity contribution in [1.82, 2.24) is 0 Å². The van der Waals surface area contributed by atoms with Crippen LogP contribution >= 0.6 is 27.5 Å². The molecule has 2 rings (SSSR count). The summed E-state index contributed by atoms with van der Waals surface area (Å²) in [7, 11) is 3.30. The Balaban J connectivity index is 2.49. The van der Waals surface area contributed by atoms with E-state index >= 15 is 0 Å². The van der Waals surface area contributed by atoms with Crippen LogP contribution < -0.4 is 9.47 Å².